The second kappa shape index (κ2) is 5.28. The van der Waals surface area contributed by atoms with Crippen LogP contribution in [0.2, 0.25) is 0 Å². The van der Waals surface area contributed by atoms with Gasteiger partial charge in [0.2, 0.25) is 0 Å². The molecule has 0 aliphatic carbocycles. The fourth-order valence-corrected chi connectivity index (χ4v) is 0.426. The van der Waals surface area contributed by atoms with Crippen molar-refractivity contribution in [3.63, 3.8) is 0 Å². The molecule has 2 nitrogen and oxygen atoms in total. The third-order valence-corrected chi connectivity index (χ3v) is 1.08. The van der Waals surface area contributed by atoms with Crippen LogP contribution in [-0.2, 0) is 0 Å². The summed E-state index contributed by atoms with van der Waals surface area (Å²) in [6.45, 7) is 0.513. The molecule has 0 heterocycles. The maximum absolute atomic E-state index is 8.34. The molecule has 1 atom stereocenters. The van der Waals surface area contributed by atoms with Crippen molar-refractivity contribution in [3.05, 3.63) is 0 Å². The fourth-order valence-electron chi connectivity index (χ4n) is 0.241. The Morgan fingerprint density at radius 3 is 2.88 bits per heavy atom. The maximum atomic E-state index is 8.34. The Labute approximate surface area is 58.8 Å². The van der Waals surface area contributed by atoms with Crippen LogP contribution >= 0.6 is 23.8 Å². The number of thiocarbonyl (C=S) groups is 1. The molecule has 0 aliphatic heterocycles. The molecule has 0 saturated heterocycles. The molecule has 0 saturated carbocycles. The molecular weight excluding hydrogens is 146 g/mol. The molecule has 4 heteroatoms. The summed E-state index contributed by atoms with van der Waals surface area (Å²) in [5, 5.41) is 10.8. The van der Waals surface area contributed by atoms with Crippen molar-refractivity contribution in [2.75, 3.05) is 13.2 Å². The van der Waals surface area contributed by atoms with Gasteiger partial charge in [-0.1, -0.05) is 12.2 Å². The summed E-state index contributed by atoms with van der Waals surface area (Å²) in [4.78, 5) is 0. The fraction of sp³-hybridized carbons (Fsp3) is 0.750. The Morgan fingerprint density at radius 2 is 2.50 bits per heavy atom. The van der Waals surface area contributed by atoms with E-state index in [1.54, 1.807) is 0 Å². The van der Waals surface area contributed by atoms with Gasteiger partial charge in [0.05, 0.1) is 17.5 Å². The smallest absolute Gasteiger partial charge is 0.0739 e. The van der Waals surface area contributed by atoms with E-state index in [1.165, 1.54) is 5.49 Å². The van der Waals surface area contributed by atoms with Crippen LogP contribution in [0.4, 0.5) is 0 Å². The van der Waals surface area contributed by atoms with Crippen molar-refractivity contribution in [2.24, 2.45) is 0 Å². The predicted molar refractivity (Wildman–Crippen MR) is 38.4 cm³/mol. The van der Waals surface area contributed by atoms with Crippen molar-refractivity contribution in [1.82, 2.24) is 5.32 Å². The number of rotatable bonds is 4. The maximum Gasteiger partial charge on any atom is 0.0739 e. The highest BCUT2D eigenvalue weighted by molar-refractivity contribution is 7.78. The molecule has 0 aromatic rings. The molecule has 0 rings (SSSR count). The van der Waals surface area contributed by atoms with Gasteiger partial charge in [0.25, 0.3) is 0 Å². The first-order chi connectivity index (χ1) is 3.81. The molecular formula is C4H8ClNOS. The van der Waals surface area contributed by atoms with Crippen molar-refractivity contribution in [2.45, 2.75) is 5.38 Å². The molecule has 0 bridgehead atoms. The lowest BCUT2D eigenvalue weighted by Crippen LogP contribution is -2.23. The Morgan fingerprint density at radius 1 is 1.88 bits per heavy atom. The van der Waals surface area contributed by atoms with E-state index >= 15 is 0 Å². The Hall–Kier alpha value is 0.140. The largest absolute Gasteiger partial charge is 0.395 e. The average Bonchev–Trinajstić information content (AvgIpc) is 1.83. The average molecular weight is 154 g/mol. The molecule has 0 spiro atoms. The highest BCUT2D eigenvalue weighted by atomic mass is 35.5. The molecule has 2 N–H and O–H groups in total. The summed E-state index contributed by atoms with van der Waals surface area (Å²) in [5.41, 5.74) is 1.38. The first-order valence-electron chi connectivity index (χ1n) is 2.23. The monoisotopic (exact) mass is 153 g/mol. The van der Waals surface area contributed by atoms with E-state index in [0.717, 1.165) is 0 Å². The number of hydrogen-bond donors (Lipinski definition) is 2. The number of aliphatic hydroxyl groups is 1. The van der Waals surface area contributed by atoms with Crippen LogP contribution in [0.1, 0.15) is 0 Å². The molecule has 0 aliphatic rings. The van der Waals surface area contributed by atoms with E-state index < -0.39 is 0 Å². The Bertz CT molecular complexity index is 71.1. The SMILES string of the molecule is OCC(Cl)CNC=S. The lowest BCUT2D eigenvalue weighted by Gasteiger charge is -2.02. The zero-order valence-corrected chi connectivity index (χ0v) is 5.87. The molecule has 0 radical (unpaired) electrons. The van der Waals surface area contributed by atoms with Gasteiger partial charge in [0.15, 0.2) is 0 Å². The standard InChI is InChI=1S/C4H8ClNOS/c5-4(2-7)1-6-3-8/h3-4,7H,1-2H2,(H,6,8). The van der Waals surface area contributed by atoms with Crippen LogP contribution in [0, 0.1) is 0 Å². The van der Waals surface area contributed by atoms with E-state index in [9.17, 15) is 0 Å². The summed E-state index contributed by atoms with van der Waals surface area (Å²) in [5.74, 6) is 0. The first kappa shape index (κ1) is 8.14. The second-order valence-electron chi connectivity index (χ2n) is 1.31. The summed E-state index contributed by atoms with van der Waals surface area (Å²) < 4.78 is 0. The van der Waals surface area contributed by atoms with Crippen molar-refractivity contribution >= 4 is 29.3 Å². The molecule has 0 fully saturated rings. The topological polar surface area (TPSA) is 32.3 Å². The third-order valence-electron chi connectivity index (χ3n) is 0.621. The molecule has 48 valence electrons. The van der Waals surface area contributed by atoms with Gasteiger partial charge in [0, 0.05) is 6.54 Å². The highest BCUT2D eigenvalue weighted by Crippen LogP contribution is 1.88. The van der Waals surface area contributed by atoms with Crippen molar-refractivity contribution < 1.29 is 5.11 Å². The first-order valence-corrected chi connectivity index (χ1v) is 3.14. The van der Waals surface area contributed by atoms with Crippen LogP contribution in [0.25, 0.3) is 0 Å². The molecule has 0 amide bonds. The van der Waals surface area contributed by atoms with E-state index in [1.807, 2.05) is 0 Å². The minimum Gasteiger partial charge on any atom is -0.395 e. The van der Waals surface area contributed by atoms with E-state index in [4.69, 9.17) is 16.7 Å². The molecule has 1 unspecified atom stereocenters. The van der Waals surface area contributed by atoms with Gasteiger partial charge in [-0.25, -0.2) is 0 Å². The lowest BCUT2D eigenvalue weighted by atomic mass is 10.4. The second-order valence-corrected chi connectivity index (χ2v) is 2.16. The van der Waals surface area contributed by atoms with Gasteiger partial charge < -0.3 is 10.4 Å². The number of halogens is 1. The van der Waals surface area contributed by atoms with E-state index in [-0.39, 0.29) is 12.0 Å². The normalized spacial score (nSPS) is 12.8. The minimum absolute atomic E-state index is 0.0161. The van der Waals surface area contributed by atoms with Crippen LogP contribution in [0.5, 0.6) is 0 Å². The quantitative estimate of drug-likeness (QED) is 0.445. The number of nitrogens with one attached hydrogen (secondary N) is 1. The summed E-state index contributed by atoms with van der Waals surface area (Å²) in [7, 11) is 0. The molecule has 8 heavy (non-hydrogen) atoms. The minimum atomic E-state index is -0.228. The van der Waals surface area contributed by atoms with Gasteiger partial charge in [-0.2, -0.15) is 0 Å². The Balaban J connectivity index is 2.97. The number of hydrogen-bond acceptors (Lipinski definition) is 2. The van der Waals surface area contributed by atoms with E-state index in [0.29, 0.717) is 6.54 Å². The van der Waals surface area contributed by atoms with Gasteiger partial charge >= 0.3 is 0 Å². The van der Waals surface area contributed by atoms with Gasteiger partial charge in [-0.3, -0.25) is 0 Å². The zero-order valence-electron chi connectivity index (χ0n) is 4.30. The number of alkyl halides is 1. The lowest BCUT2D eigenvalue weighted by molar-refractivity contribution is 0.292. The van der Waals surface area contributed by atoms with Gasteiger partial charge in [-0.15, -0.1) is 11.6 Å². The van der Waals surface area contributed by atoms with Crippen molar-refractivity contribution in [3.8, 4) is 0 Å². The van der Waals surface area contributed by atoms with E-state index in [2.05, 4.69) is 17.5 Å². The summed E-state index contributed by atoms with van der Waals surface area (Å²) in [6, 6.07) is 0. The van der Waals surface area contributed by atoms with Crippen LogP contribution in [-0.4, -0.2) is 29.1 Å². The van der Waals surface area contributed by atoms with Gasteiger partial charge in [-0.05, 0) is 0 Å². The predicted octanol–water partition coefficient (Wildman–Crippen LogP) is 0.133. The number of aliphatic hydroxyl groups excluding tert-OH is 1. The van der Waals surface area contributed by atoms with Gasteiger partial charge in [0.1, 0.15) is 0 Å². The van der Waals surface area contributed by atoms with Crippen molar-refractivity contribution in [1.29, 1.82) is 0 Å². The Kier molecular flexibility index (Phi) is 5.37. The zero-order chi connectivity index (χ0) is 6.41. The summed E-state index contributed by atoms with van der Waals surface area (Å²) >= 11 is 9.91. The summed E-state index contributed by atoms with van der Waals surface area (Å²) in [6.07, 6.45) is 0. The highest BCUT2D eigenvalue weighted by Gasteiger charge is 1.97. The van der Waals surface area contributed by atoms with Crippen LogP contribution in [0.15, 0.2) is 0 Å². The molecule has 0 aromatic heterocycles. The molecule has 0 aromatic carbocycles. The van der Waals surface area contributed by atoms with Crippen LogP contribution < -0.4 is 5.32 Å². The third kappa shape index (κ3) is 4.30. The van der Waals surface area contributed by atoms with Crippen LogP contribution in [0.3, 0.4) is 0 Å².